The van der Waals surface area contributed by atoms with Gasteiger partial charge < -0.3 is 15.5 Å². The van der Waals surface area contributed by atoms with Gasteiger partial charge in [0.15, 0.2) is 5.96 Å². The quantitative estimate of drug-likeness (QED) is 0.559. The molecule has 1 aliphatic carbocycles. The zero-order valence-corrected chi connectivity index (χ0v) is 14.6. The fraction of sp³-hybridized carbons (Fsp3) is 0.688. The predicted molar refractivity (Wildman–Crippen MR) is 91.1 cm³/mol. The van der Waals surface area contributed by atoms with Crippen molar-refractivity contribution in [1.29, 1.82) is 0 Å². The van der Waals surface area contributed by atoms with Gasteiger partial charge in [-0.3, -0.25) is 14.9 Å². The van der Waals surface area contributed by atoms with E-state index in [-0.39, 0.29) is 11.3 Å². The summed E-state index contributed by atoms with van der Waals surface area (Å²) in [5, 5.41) is 13.5. The summed E-state index contributed by atoms with van der Waals surface area (Å²) >= 11 is 0. The van der Waals surface area contributed by atoms with Gasteiger partial charge in [0.25, 0.3) is 0 Å². The molecular weight excluding hydrogens is 292 g/mol. The van der Waals surface area contributed by atoms with Crippen LogP contribution in [0.15, 0.2) is 11.2 Å². The van der Waals surface area contributed by atoms with Crippen molar-refractivity contribution in [2.75, 3.05) is 27.7 Å². The second-order valence-electron chi connectivity index (χ2n) is 6.49. The number of carbonyl (C=O) groups excluding carboxylic acids is 1. The van der Waals surface area contributed by atoms with E-state index in [1.807, 2.05) is 27.2 Å². The molecule has 3 N–H and O–H groups in total. The topological polar surface area (TPSA) is 85.4 Å². The molecule has 1 aromatic heterocycles. The van der Waals surface area contributed by atoms with E-state index in [4.69, 9.17) is 0 Å². The van der Waals surface area contributed by atoms with E-state index in [9.17, 15) is 4.79 Å². The zero-order valence-electron chi connectivity index (χ0n) is 14.6. The van der Waals surface area contributed by atoms with E-state index in [0.29, 0.717) is 19.0 Å². The highest BCUT2D eigenvalue weighted by Gasteiger charge is 2.42. The highest BCUT2D eigenvalue weighted by molar-refractivity contribution is 5.85. The lowest BCUT2D eigenvalue weighted by molar-refractivity contribution is -0.138. The van der Waals surface area contributed by atoms with Crippen LogP contribution >= 0.6 is 0 Å². The molecule has 7 nitrogen and oxygen atoms in total. The molecule has 1 aliphatic rings. The van der Waals surface area contributed by atoms with Crippen LogP contribution in [0.2, 0.25) is 0 Å². The number of hydrogen-bond donors (Lipinski definition) is 3. The Hall–Kier alpha value is -2.05. The number of nitrogens with one attached hydrogen (secondary N) is 3. The monoisotopic (exact) mass is 320 g/mol. The van der Waals surface area contributed by atoms with Crippen LogP contribution in [0.1, 0.15) is 36.9 Å². The largest absolute Gasteiger partial charge is 0.355 e. The summed E-state index contributed by atoms with van der Waals surface area (Å²) in [5.74, 6) is 0.923. The van der Waals surface area contributed by atoms with Crippen LogP contribution in [0.25, 0.3) is 0 Å². The van der Waals surface area contributed by atoms with E-state index >= 15 is 0 Å². The number of aryl methyl sites for hydroxylation is 1. The molecule has 0 radical (unpaired) electrons. The van der Waals surface area contributed by atoms with Gasteiger partial charge in [-0.15, -0.1) is 0 Å². The van der Waals surface area contributed by atoms with Crippen molar-refractivity contribution in [3.05, 3.63) is 17.5 Å². The summed E-state index contributed by atoms with van der Waals surface area (Å²) in [6.45, 7) is 3.26. The number of amides is 1. The van der Waals surface area contributed by atoms with Crippen molar-refractivity contribution in [2.24, 2.45) is 10.4 Å². The first-order valence-corrected chi connectivity index (χ1v) is 8.13. The van der Waals surface area contributed by atoms with E-state index in [2.05, 4.69) is 25.8 Å². The Kier molecular flexibility index (Phi) is 5.63. The Morgan fingerprint density at radius 3 is 2.61 bits per heavy atom. The van der Waals surface area contributed by atoms with Gasteiger partial charge in [-0.2, -0.15) is 5.10 Å². The summed E-state index contributed by atoms with van der Waals surface area (Å²) in [6.07, 6.45) is 5.91. The van der Waals surface area contributed by atoms with E-state index in [1.165, 1.54) is 0 Å². The molecule has 7 heteroatoms. The molecule has 1 heterocycles. The van der Waals surface area contributed by atoms with Crippen LogP contribution < -0.4 is 10.6 Å². The third-order valence-electron chi connectivity index (χ3n) is 4.62. The van der Waals surface area contributed by atoms with E-state index in [1.54, 1.807) is 11.9 Å². The summed E-state index contributed by atoms with van der Waals surface area (Å²) < 4.78 is 0. The molecule has 0 aromatic carbocycles. The molecule has 1 amide bonds. The molecule has 0 bridgehead atoms. The minimum absolute atomic E-state index is 0.212. The lowest BCUT2D eigenvalue weighted by atomic mass is 9.84. The van der Waals surface area contributed by atoms with Gasteiger partial charge in [0.05, 0.1) is 11.6 Å². The smallest absolute Gasteiger partial charge is 0.230 e. The molecule has 1 fully saturated rings. The van der Waals surface area contributed by atoms with Crippen LogP contribution in [0.4, 0.5) is 0 Å². The van der Waals surface area contributed by atoms with Crippen LogP contribution in [0.3, 0.4) is 0 Å². The molecule has 23 heavy (non-hydrogen) atoms. The Balaban J connectivity index is 1.93. The van der Waals surface area contributed by atoms with Gasteiger partial charge in [0, 0.05) is 45.5 Å². The first-order valence-electron chi connectivity index (χ1n) is 8.13. The second-order valence-corrected chi connectivity index (χ2v) is 6.49. The highest BCUT2D eigenvalue weighted by Crippen LogP contribution is 2.38. The molecule has 1 saturated carbocycles. The molecule has 1 aromatic rings. The van der Waals surface area contributed by atoms with Gasteiger partial charge in [0.1, 0.15) is 0 Å². The van der Waals surface area contributed by atoms with Gasteiger partial charge in [-0.25, -0.2) is 0 Å². The fourth-order valence-corrected chi connectivity index (χ4v) is 3.20. The molecule has 0 spiro atoms. The standard InChI is InChI=1S/C16H28N6O/c1-12-13(10-20-21-12)9-18-15(17-2)19-11-16(7-5-6-8-16)14(23)22(3)4/h10H,5-9,11H2,1-4H3,(H,20,21)(H2,17,18,19). The van der Waals surface area contributed by atoms with Gasteiger partial charge in [0.2, 0.25) is 5.91 Å². The second kappa shape index (κ2) is 7.48. The summed E-state index contributed by atoms with van der Waals surface area (Å²) in [7, 11) is 5.40. The highest BCUT2D eigenvalue weighted by atomic mass is 16.2. The number of nitrogens with zero attached hydrogens (tertiary/aromatic N) is 3. The summed E-state index contributed by atoms with van der Waals surface area (Å²) in [4.78, 5) is 18.5. The van der Waals surface area contributed by atoms with Gasteiger partial charge in [-0.05, 0) is 19.8 Å². The van der Waals surface area contributed by atoms with E-state index < -0.39 is 0 Å². The Morgan fingerprint density at radius 1 is 1.39 bits per heavy atom. The molecule has 0 saturated heterocycles. The number of carbonyl (C=O) groups is 1. The predicted octanol–water partition coefficient (Wildman–Crippen LogP) is 1.03. The lowest BCUT2D eigenvalue weighted by Gasteiger charge is -2.31. The fourth-order valence-electron chi connectivity index (χ4n) is 3.20. The Morgan fingerprint density at radius 2 is 2.09 bits per heavy atom. The van der Waals surface area contributed by atoms with Crippen molar-refractivity contribution < 1.29 is 4.79 Å². The zero-order chi connectivity index (χ0) is 16.9. The summed E-state index contributed by atoms with van der Waals surface area (Å²) in [5.41, 5.74) is 1.85. The van der Waals surface area contributed by atoms with Crippen LogP contribution in [0, 0.1) is 12.3 Å². The maximum absolute atomic E-state index is 12.6. The maximum Gasteiger partial charge on any atom is 0.230 e. The van der Waals surface area contributed by atoms with E-state index in [0.717, 1.165) is 36.9 Å². The lowest BCUT2D eigenvalue weighted by Crippen LogP contribution is -2.49. The molecular formula is C16H28N6O. The van der Waals surface area contributed by atoms with Crippen molar-refractivity contribution in [2.45, 2.75) is 39.2 Å². The van der Waals surface area contributed by atoms with Crippen molar-refractivity contribution in [3.63, 3.8) is 0 Å². The number of aliphatic imine (C=N–C) groups is 1. The Bertz CT molecular complexity index is 557. The maximum atomic E-state index is 12.6. The SMILES string of the molecule is CN=C(NCc1cn[nH]c1C)NCC1(C(=O)N(C)C)CCCC1. The normalized spacial score (nSPS) is 17.1. The average Bonchev–Trinajstić information content (AvgIpc) is 3.17. The Labute approximate surface area is 137 Å². The average molecular weight is 320 g/mol. The molecule has 2 rings (SSSR count). The first kappa shape index (κ1) is 17.3. The number of guanidine groups is 1. The van der Waals surface area contributed by atoms with Crippen molar-refractivity contribution in [1.82, 2.24) is 25.7 Å². The molecule has 0 aliphatic heterocycles. The summed E-state index contributed by atoms with van der Waals surface area (Å²) in [6, 6.07) is 0. The minimum Gasteiger partial charge on any atom is -0.355 e. The van der Waals surface area contributed by atoms with Crippen LogP contribution in [-0.2, 0) is 11.3 Å². The third-order valence-corrected chi connectivity index (χ3v) is 4.62. The molecule has 0 atom stereocenters. The van der Waals surface area contributed by atoms with Gasteiger partial charge >= 0.3 is 0 Å². The van der Waals surface area contributed by atoms with Crippen molar-refractivity contribution >= 4 is 11.9 Å². The molecule has 128 valence electrons. The number of hydrogen-bond acceptors (Lipinski definition) is 3. The number of aromatic amines is 1. The number of aromatic nitrogens is 2. The van der Waals surface area contributed by atoms with Gasteiger partial charge in [-0.1, -0.05) is 12.8 Å². The number of H-pyrrole nitrogens is 1. The number of rotatable bonds is 5. The van der Waals surface area contributed by atoms with Crippen LogP contribution in [-0.4, -0.2) is 54.7 Å². The first-order chi connectivity index (χ1) is 11.0. The van der Waals surface area contributed by atoms with Crippen molar-refractivity contribution in [3.8, 4) is 0 Å². The molecule has 0 unspecified atom stereocenters. The third kappa shape index (κ3) is 4.03. The van der Waals surface area contributed by atoms with Crippen LogP contribution in [0.5, 0.6) is 0 Å². The minimum atomic E-state index is -0.299.